The molecule has 1 heterocycles. The summed E-state index contributed by atoms with van der Waals surface area (Å²) in [7, 11) is 0. The molecule has 0 fully saturated rings. The van der Waals surface area contributed by atoms with Crippen molar-refractivity contribution in [2.24, 2.45) is 0 Å². The quantitative estimate of drug-likeness (QED) is 0.447. The van der Waals surface area contributed by atoms with E-state index in [0.29, 0.717) is 0 Å². The molecule has 1 nitrogen and oxygen atoms in total. The Morgan fingerprint density at radius 2 is 1.35 bits per heavy atom. The highest BCUT2D eigenvalue weighted by atomic mass is 15.0. The second kappa shape index (κ2) is 4.24. The van der Waals surface area contributed by atoms with E-state index in [4.69, 9.17) is 0 Å². The highest BCUT2D eigenvalue weighted by molar-refractivity contribution is 6.10. The first-order valence-corrected chi connectivity index (χ1v) is 6.90. The molecule has 20 heavy (non-hydrogen) atoms. The van der Waals surface area contributed by atoms with Gasteiger partial charge in [-0.3, -0.25) is 0 Å². The summed E-state index contributed by atoms with van der Waals surface area (Å²) in [6.45, 7) is 2.18. The minimum Gasteiger partial charge on any atom is -0.309 e. The smallest absolute Gasteiger partial charge is 0.0543 e. The largest absolute Gasteiger partial charge is 0.309 e. The molecule has 0 bridgehead atoms. The Balaban J connectivity index is 2.26. The van der Waals surface area contributed by atoms with Crippen LogP contribution in [0.4, 0.5) is 0 Å². The van der Waals surface area contributed by atoms with Crippen molar-refractivity contribution in [1.29, 1.82) is 0 Å². The fourth-order valence-corrected chi connectivity index (χ4v) is 3.05. The standard InChI is InChI=1S/C19H15N/c1-14-8-7-13-18-19(14)16-11-5-6-12-17(16)20(18)15-9-3-2-4-10-15/h2-13H,1H3. The van der Waals surface area contributed by atoms with Gasteiger partial charge in [-0.15, -0.1) is 0 Å². The van der Waals surface area contributed by atoms with Crippen LogP contribution in [-0.4, -0.2) is 4.57 Å². The van der Waals surface area contributed by atoms with Crippen molar-refractivity contribution < 1.29 is 0 Å². The maximum absolute atomic E-state index is 2.34. The first-order valence-electron chi connectivity index (χ1n) is 6.90. The van der Waals surface area contributed by atoms with Gasteiger partial charge in [0.15, 0.2) is 0 Å². The molecule has 0 saturated carbocycles. The molecule has 96 valence electrons. The van der Waals surface area contributed by atoms with E-state index in [1.807, 2.05) is 0 Å². The van der Waals surface area contributed by atoms with Crippen LogP contribution in [0.3, 0.4) is 0 Å². The number of rotatable bonds is 1. The Morgan fingerprint density at radius 3 is 2.20 bits per heavy atom. The molecule has 4 aromatic rings. The van der Waals surface area contributed by atoms with Crippen LogP contribution < -0.4 is 0 Å². The number of para-hydroxylation sites is 2. The Kier molecular flexibility index (Phi) is 2.40. The average Bonchev–Trinajstić information content (AvgIpc) is 2.84. The molecule has 0 aliphatic heterocycles. The first-order chi connectivity index (χ1) is 9.86. The van der Waals surface area contributed by atoms with Gasteiger partial charge >= 0.3 is 0 Å². The predicted molar refractivity (Wildman–Crippen MR) is 85.5 cm³/mol. The average molecular weight is 257 g/mol. The van der Waals surface area contributed by atoms with Gasteiger partial charge in [0.2, 0.25) is 0 Å². The topological polar surface area (TPSA) is 4.93 Å². The van der Waals surface area contributed by atoms with Crippen molar-refractivity contribution in [3.05, 3.63) is 78.4 Å². The van der Waals surface area contributed by atoms with E-state index in [0.717, 1.165) is 0 Å². The number of benzene rings is 3. The maximum atomic E-state index is 2.34. The van der Waals surface area contributed by atoms with Crippen LogP contribution in [0.1, 0.15) is 5.56 Å². The molecular formula is C19H15N. The van der Waals surface area contributed by atoms with Crippen LogP contribution in [-0.2, 0) is 0 Å². The third-order valence-corrected chi connectivity index (χ3v) is 3.92. The lowest BCUT2D eigenvalue weighted by molar-refractivity contribution is 1.18. The summed E-state index contributed by atoms with van der Waals surface area (Å²) >= 11 is 0. The Hall–Kier alpha value is -2.54. The molecule has 3 aromatic carbocycles. The molecule has 1 aromatic heterocycles. The zero-order valence-corrected chi connectivity index (χ0v) is 11.4. The lowest BCUT2D eigenvalue weighted by atomic mass is 10.1. The van der Waals surface area contributed by atoms with Crippen molar-refractivity contribution in [2.45, 2.75) is 6.92 Å². The molecule has 0 unspecified atom stereocenters. The Labute approximate surface area is 118 Å². The Morgan fingerprint density at radius 1 is 0.650 bits per heavy atom. The summed E-state index contributed by atoms with van der Waals surface area (Å²) in [6.07, 6.45) is 0. The summed E-state index contributed by atoms with van der Waals surface area (Å²) in [6, 6.07) is 25.7. The molecule has 0 N–H and O–H groups in total. The molecule has 4 rings (SSSR count). The first kappa shape index (κ1) is 11.3. The molecule has 0 amide bonds. The third-order valence-electron chi connectivity index (χ3n) is 3.92. The van der Waals surface area contributed by atoms with Crippen molar-refractivity contribution in [3.8, 4) is 5.69 Å². The van der Waals surface area contributed by atoms with Gasteiger partial charge in [0, 0.05) is 16.5 Å². The summed E-state index contributed by atoms with van der Waals surface area (Å²) in [5, 5.41) is 2.68. The highest BCUT2D eigenvalue weighted by Gasteiger charge is 2.12. The van der Waals surface area contributed by atoms with Crippen molar-refractivity contribution >= 4 is 21.8 Å². The van der Waals surface area contributed by atoms with Gasteiger partial charge < -0.3 is 4.57 Å². The summed E-state index contributed by atoms with van der Waals surface area (Å²) < 4.78 is 2.34. The van der Waals surface area contributed by atoms with Crippen molar-refractivity contribution in [2.75, 3.05) is 0 Å². The van der Waals surface area contributed by atoms with E-state index < -0.39 is 0 Å². The molecule has 0 saturated heterocycles. The zero-order valence-electron chi connectivity index (χ0n) is 11.4. The predicted octanol–water partition coefficient (Wildman–Crippen LogP) is 5.09. The minimum atomic E-state index is 1.21. The van der Waals surface area contributed by atoms with Crippen molar-refractivity contribution in [1.82, 2.24) is 4.57 Å². The number of fused-ring (bicyclic) bond motifs is 3. The van der Waals surface area contributed by atoms with E-state index in [-0.39, 0.29) is 0 Å². The van der Waals surface area contributed by atoms with Gasteiger partial charge in [-0.2, -0.15) is 0 Å². The number of hydrogen-bond acceptors (Lipinski definition) is 0. The second-order valence-electron chi connectivity index (χ2n) is 5.16. The SMILES string of the molecule is Cc1cccc2c1c1ccccc1n2-c1ccccc1. The normalized spacial score (nSPS) is 11.2. The molecule has 0 spiro atoms. The van der Waals surface area contributed by atoms with Gasteiger partial charge in [-0.1, -0.05) is 48.5 Å². The second-order valence-corrected chi connectivity index (χ2v) is 5.16. The van der Waals surface area contributed by atoms with Gasteiger partial charge in [0.25, 0.3) is 0 Å². The lowest BCUT2D eigenvalue weighted by Gasteiger charge is -2.07. The number of aryl methyl sites for hydroxylation is 1. The zero-order chi connectivity index (χ0) is 13.5. The van der Waals surface area contributed by atoms with Gasteiger partial charge in [-0.25, -0.2) is 0 Å². The summed E-state index contributed by atoms with van der Waals surface area (Å²) in [5.41, 5.74) is 5.08. The number of hydrogen-bond donors (Lipinski definition) is 0. The molecule has 0 atom stereocenters. The van der Waals surface area contributed by atoms with E-state index in [2.05, 4.69) is 84.3 Å². The van der Waals surface area contributed by atoms with Crippen LogP contribution in [0, 0.1) is 6.92 Å². The fraction of sp³-hybridized carbons (Fsp3) is 0.0526. The van der Waals surface area contributed by atoms with Gasteiger partial charge in [-0.05, 0) is 36.8 Å². The van der Waals surface area contributed by atoms with E-state index >= 15 is 0 Å². The maximum Gasteiger partial charge on any atom is 0.0543 e. The highest BCUT2D eigenvalue weighted by Crippen LogP contribution is 2.33. The van der Waals surface area contributed by atoms with E-state index in [9.17, 15) is 0 Å². The molecule has 1 heteroatoms. The van der Waals surface area contributed by atoms with Gasteiger partial charge in [0.1, 0.15) is 0 Å². The molecule has 0 aliphatic carbocycles. The van der Waals surface area contributed by atoms with Crippen LogP contribution in [0.25, 0.3) is 27.5 Å². The number of nitrogens with zero attached hydrogens (tertiary/aromatic N) is 1. The molecular weight excluding hydrogens is 242 g/mol. The minimum absolute atomic E-state index is 1.21. The number of aromatic nitrogens is 1. The van der Waals surface area contributed by atoms with Crippen LogP contribution in [0.15, 0.2) is 72.8 Å². The molecule has 0 radical (unpaired) electrons. The Bertz CT molecular complexity index is 901. The van der Waals surface area contributed by atoms with Crippen LogP contribution in [0.5, 0.6) is 0 Å². The van der Waals surface area contributed by atoms with Crippen molar-refractivity contribution in [3.63, 3.8) is 0 Å². The summed E-state index contributed by atoms with van der Waals surface area (Å²) in [5.74, 6) is 0. The monoisotopic (exact) mass is 257 g/mol. The summed E-state index contributed by atoms with van der Waals surface area (Å²) in [4.78, 5) is 0. The lowest BCUT2D eigenvalue weighted by Crippen LogP contribution is -1.92. The fourth-order valence-electron chi connectivity index (χ4n) is 3.05. The van der Waals surface area contributed by atoms with Crippen LogP contribution in [0.2, 0.25) is 0 Å². The molecule has 0 aliphatic rings. The van der Waals surface area contributed by atoms with Crippen LogP contribution >= 0.6 is 0 Å². The van der Waals surface area contributed by atoms with Gasteiger partial charge in [0.05, 0.1) is 11.0 Å². The third kappa shape index (κ3) is 1.50. The van der Waals surface area contributed by atoms with E-state index in [1.165, 1.54) is 33.1 Å². The van der Waals surface area contributed by atoms with E-state index in [1.54, 1.807) is 0 Å².